The van der Waals surface area contributed by atoms with E-state index >= 15 is 0 Å². The zero-order chi connectivity index (χ0) is 21.2. The molecule has 0 unspecified atom stereocenters. The van der Waals surface area contributed by atoms with Gasteiger partial charge in [0.2, 0.25) is 5.91 Å². The van der Waals surface area contributed by atoms with Gasteiger partial charge in [0, 0.05) is 5.69 Å². The molecule has 29 heavy (non-hydrogen) atoms. The first kappa shape index (κ1) is 19.9. The third-order valence-corrected chi connectivity index (χ3v) is 3.74. The number of carbonyl (C=O) groups excluding carboxylic acids is 4. The smallest absolute Gasteiger partial charge is 0.406 e. The number of benzene rings is 2. The first-order valence-electron chi connectivity index (χ1n) is 8.06. The summed E-state index contributed by atoms with van der Waals surface area (Å²) in [6.07, 6.45) is -4.85. The number of carbonyl (C=O) groups is 4. The number of nitrogens with one attached hydrogen (secondary N) is 1. The predicted molar refractivity (Wildman–Crippen MR) is 92.8 cm³/mol. The first-order chi connectivity index (χ1) is 13.7. The van der Waals surface area contributed by atoms with Gasteiger partial charge in [-0.05, 0) is 36.4 Å². The van der Waals surface area contributed by atoms with E-state index < -0.39 is 42.4 Å². The maximum Gasteiger partial charge on any atom is 0.573 e. The van der Waals surface area contributed by atoms with Gasteiger partial charge in [-0.25, -0.2) is 14.6 Å². The second-order valence-corrected chi connectivity index (χ2v) is 5.77. The van der Waals surface area contributed by atoms with E-state index in [0.29, 0.717) is 9.80 Å². The Hall–Kier alpha value is -3.89. The van der Waals surface area contributed by atoms with Crippen LogP contribution in [-0.2, 0) is 14.4 Å². The predicted octanol–water partition coefficient (Wildman–Crippen LogP) is 2.52. The minimum atomic E-state index is -4.85. The fourth-order valence-corrected chi connectivity index (χ4v) is 2.53. The highest BCUT2D eigenvalue weighted by Gasteiger charge is 2.46. The Labute approximate surface area is 161 Å². The molecule has 1 heterocycles. The molecule has 8 nitrogen and oxygen atoms in total. The van der Waals surface area contributed by atoms with Crippen molar-refractivity contribution in [1.82, 2.24) is 4.90 Å². The van der Waals surface area contributed by atoms with E-state index in [9.17, 15) is 32.3 Å². The van der Waals surface area contributed by atoms with Crippen molar-refractivity contribution in [2.75, 3.05) is 16.8 Å². The summed E-state index contributed by atoms with van der Waals surface area (Å²) in [7, 11) is 0. The van der Waals surface area contributed by atoms with Gasteiger partial charge in [-0.15, -0.1) is 13.2 Å². The number of alkyl halides is 3. The average Bonchev–Trinajstić information content (AvgIpc) is 2.86. The Morgan fingerprint density at radius 2 is 1.55 bits per heavy atom. The van der Waals surface area contributed by atoms with Gasteiger partial charge in [-0.3, -0.25) is 14.4 Å². The molecule has 0 aliphatic carbocycles. The molecule has 1 aliphatic heterocycles. The molecule has 2 aromatic rings. The summed E-state index contributed by atoms with van der Waals surface area (Å²) < 4.78 is 40.1. The van der Waals surface area contributed by atoms with E-state index in [4.69, 9.17) is 0 Å². The van der Waals surface area contributed by atoms with Gasteiger partial charge in [0.15, 0.2) is 0 Å². The van der Waals surface area contributed by atoms with E-state index in [1.807, 2.05) is 0 Å². The SMILES string of the molecule is O=C(CN1C(=O)C(=O)N(c2ccccc2)C1=O)Nc1ccc(OC(F)(F)F)cc1. The van der Waals surface area contributed by atoms with Crippen molar-refractivity contribution in [3.63, 3.8) is 0 Å². The zero-order valence-corrected chi connectivity index (χ0v) is 14.5. The molecule has 1 aliphatic rings. The lowest BCUT2D eigenvalue weighted by Crippen LogP contribution is -2.39. The van der Waals surface area contributed by atoms with Gasteiger partial charge in [-0.1, -0.05) is 18.2 Å². The lowest BCUT2D eigenvalue weighted by molar-refractivity contribution is -0.274. The van der Waals surface area contributed by atoms with E-state index in [1.54, 1.807) is 18.2 Å². The van der Waals surface area contributed by atoms with Crippen LogP contribution in [0.4, 0.5) is 29.3 Å². The molecule has 1 fully saturated rings. The summed E-state index contributed by atoms with van der Waals surface area (Å²) in [5.41, 5.74) is 0.286. The van der Waals surface area contributed by atoms with E-state index in [-0.39, 0.29) is 11.4 Å². The highest BCUT2D eigenvalue weighted by Crippen LogP contribution is 2.24. The van der Waals surface area contributed by atoms with Gasteiger partial charge in [0.1, 0.15) is 12.3 Å². The Balaban J connectivity index is 1.65. The third kappa shape index (κ3) is 4.51. The normalized spacial score (nSPS) is 14.4. The van der Waals surface area contributed by atoms with Crippen molar-refractivity contribution >= 4 is 35.1 Å². The summed E-state index contributed by atoms with van der Waals surface area (Å²) in [5.74, 6) is -3.56. The molecule has 0 atom stereocenters. The van der Waals surface area contributed by atoms with Crippen LogP contribution in [0.5, 0.6) is 5.75 Å². The quantitative estimate of drug-likeness (QED) is 0.607. The molecule has 2 aromatic carbocycles. The van der Waals surface area contributed by atoms with Crippen molar-refractivity contribution < 1.29 is 37.1 Å². The van der Waals surface area contributed by atoms with Crippen molar-refractivity contribution in [1.29, 1.82) is 0 Å². The second kappa shape index (κ2) is 7.62. The largest absolute Gasteiger partial charge is 0.573 e. The summed E-state index contributed by atoms with van der Waals surface area (Å²) in [5, 5.41) is 2.32. The van der Waals surface area contributed by atoms with Crippen molar-refractivity contribution in [2.45, 2.75) is 6.36 Å². The lowest BCUT2D eigenvalue weighted by Gasteiger charge is -2.15. The maximum absolute atomic E-state index is 12.4. The minimum Gasteiger partial charge on any atom is -0.406 e. The molecule has 0 aromatic heterocycles. The molecule has 0 saturated carbocycles. The second-order valence-electron chi connectivity index (χ2n) is 5.77. The van der Waals surface area contributed by atoms with Crippen LogP contribution in [0.1, 0.15) is 0 Å². The summed E-state index contributed by atoms with van der Waals surface area (Å²) in [6.45, 7) is -0.743. The van der Waals surface area contributed by atoms with Gasteiger partial charge >= 0.3 is 24.2 Å². The van der Waals surface area contributed by atoms with Gasteiger partial charge in [-0.2, -0.15) is 0 Å². The number of ether oxygens (including phenoxy) is 1. The average molecular weight is 407 g/mol. The molecule has 5 amide bonds. The highest BCUT2D eigenvalue weighted by molar-refractivity contribution is 6.53. The van der Waals surface area contributed by atoms with Crippen molar-refractivity contribution in [3.8, 4) is 5.75 Å². The molecule has 1 N–H and O–H groups in total. The van der Waals surface area contributed by atoms with Crippen LogP contribution in [0.15, 0.2) is 54.6 Å². The Morgan fingerprint density at radius 3 is 2.14 bits per heavy atom. The third-order valence-electron chi connectivity index (χ3n) is 3.74. The Kier molecular flexibility index (Phi) is 5.22. The molecular weight excluding hydrogens is 395 g/mol. The van der Waals surface area contributed by atoms with Crippen LogP contribution < -0.4 is 15.0 Å². The van der Waals surface area contributed by atoms with Crippen molar-refractivity contribution in [3.05, 3.63) is 54.6 Å². The molecule has 150 valence electrons. The Bertz CT molecular complexity index is 961. The van der Waals surface area contributed by atoms with E-state index in [1.165, 1.54) is 12.1 Å². The van der Waals surface area contributed by atoms with Crippen LogP contribution in [0.3, 0.4) is 0 Å². The molecule has 0 spiro atoms. The number of imide groups is 2. The molecule has 1 saturated heterocycles. The number of para-hydroxylation sites is 1. The van der Waals surface area contributed by atoms with Crippen LogP contribution in [0.25, 0.3) is 0 Å². The van der Waals surface area contributed by atoms with Crippen molar-refractivity contribution in [2.24, 2.45) is 0 Å². The minimum absolute atomic E-state index is 0.106. The summed E-state index contributed by atoms with van der Waals surface area (Å²) in [6, 6.07) is 11.0. The number of amides is 5. The topological polar surface area (TPSA) is 96.0 Å². The monoisotopic (exact) mass is 407 g/mol. The van der Waals surface area contributed by atoms with Crippen LogP contribution in [0.2, 0.25) is 0 Å². The number of rotatable bonds is 5. The van der Waals surface area contributed by atoms with Gasteiger partial charge < -0.3 is 10.1 Å². The Morgan fingerprint density at radius 1 is 0.931 bits per heavy atom. The van der Waals surface area contributed by atoms with Crippen LogP contribution in [0, 0.1) is 0 Å². The fourth-order valence-electron chi connectivity index (χ4n) is 2.53. The fraction of sp³-hybridized carbons (Fsp3) is 0.111. The van der Waals surface area contributed by atoms with E-state index in [2.05, 4.69) is 10.1 Å². The number of urea groups is 1. The summed E-state index contributed by atoms with van der Waals surface area (Å²) >= 11 is 0. The maximum atomic E-state index is 12.4. The number of halogens is 3. The number of anilines is 2. The number of hydrogen-bond donors (Lipinski definition) is 1. The molecule has 3 rings (SSSR count). The van der Waals surface area contributed by atoms with Crippen LogP contribution >= 0.6 is 0 Å². The number of nitrogens with zero attached hydrogens (tertiary/aromatic N) is 2. The summed E-state index contributed by atoms with van der Waals surface area (Å²) in [4.78, 5) is 49.8. The standard InChI is InChI=1S/C18H12F3N3O5/c19-18(20,21)29-13-8-6-11(7-9-13)22-14(25)10-23-15(26)16(27)24(17(23)28)12-4-2-1-3-5-12/h1-9H,10H2,(H,22,25). The highest BCUT2D eigenvalue weighted by atomic mass is 19.4. The number of hydrogen-bond acceptors (Lipinski definition) is 5. The van der Waals surface area contributed by atoms with Crippen LogP contribution in [-0.4, -0.2) is 41.6 Å². The van der Waals surface area contributed by atoms with E-state index in [0.717, 1.165) is 24.3 Å². The molecular formula is C18H12F3N3O5. The molecule has 0 radical (unpaired) electrons. The molecule has 0 bridgehead atoms. The molecule has 11 heteroatoms. The lowest BCUT2D eigenvalue weighted by atomic mass is 10.3. The first-order valence-corrected chi connectivity index (χ1v) is 8.06. The van der Waals surface area contributed by atoms with Gasteiger partial charge in [0.25, 0.3) is 0 Å². The zero-order valence-electron chi connectivity index (χ0n) is 14.5. The van der Waals surface area contributed by atoms with Gasteiger partial charge in [0.05, 0.1) is 5.69 Å².